The Balaban J connectivity index is 1.57. The Kier molecular flexibility index (Phi) is 7.85. The molecule has 0 saturated heterocycles. The van der Waals surface area contributed by atoms with Gasteiger partial charge in [-0.2, -0.15) is 0 Å². The zero-order chi connectivity index (χ0) is 25.5. The molecule has 1 atom stereocenters. The fraction of sp³-hybridized carbons (Fsp3) is 0.200. The minimum absolute atomic E-state index is 0.0993. The Bertz CT molecular complexity index is 1370. The Hall–Kier alpha value is -4.32. The van der Waals surface area contributed by atoms with Gasteiger partial charge in [0.1, 0.15) is 18.4 Å². The first kappa shape index (κ1) is 24.8. The lowest BCUT2D eigenvalue weighted by Gasteiger charge is -2.16. The molecule has 2 N–H and O–H groups in total. The maximum atomic E-state index is 13.0. The van der Waals surface area contributed by atoms with Crippen molar-refractivity contribution in [2.45, 2.75) is 32.9 Å². The van der Waals surface area contributed by atoms with Crippen LogP contribution in [0.2, 0.25) is 0 Å². The highest BCUT2D eigenvalue weighted by Gasteiger charge is 2.19. The largest absolute Gasteiger partial charge is 0.489 e. The van der Waals surface area contributed by atoms with Crippen molar-refractivity contribution in [2.24, 2.45) is 0 Å². The summed E-state index contributed by atoms with van der Waals surface area (Å²) >= 11 is 0. The standard InChI is InChI=1S/C30H30N2O4/c1-21(30(34)35)17-25-19-32(22(2)29(33)31-16-15-23-9-5-3-6-10-23)28-14-13-26(18-27(25)28)36-20-24-11-7-4-8-12-24/h3-14,17-19,22H,15-16,20H2,1-2H3,(H,31,33)(H,34,35). The van der Waals surface area contributed by atoms with Crippen molar-refractivity contribution in [3.63, 3.8) is 0 Å². The number of benzene rings is 3. The predicted octanol–water partition coefficient (Wildman–Crippen LogP) is 5.63. The third kappa shape index (κ3) is 6.02. The monoisotopic (exact) mass is 482 g/mol. The second-order valence-corrected chi connectivity index (χ2v) is 8.78. The SMILES string of the molecule is CC(=Cc1cn(C(C)C(=O)NCCc2ccccc2)c2ccc(OCc3ccccc3)cc12)C(=O)O. The average Bonchev–Trinajstić information content (AvgIpc) is 3.25. The van der Waals surface area contributed by atoms with Crippen LogP contribution in [0.5, 0.6) is 5.75 Å². The van der Waals surface area contributed by atoms with E-state index in [1.54, 1.807) is 13.0 Å². The molecule has 6 nitrogen and oxygen atoms in total. The van der Waals surface area contributed by atoms with Crippen LogP contribution < -0.4 is 10.1 Å². The van der Waals surface area contributed by atoms with Crippen LogP contribution in [0.15, 0.2) is 90.6 Å². The molecule has 1 amide bonds. The molecule has 0 spiro atoms. The Morgan fingerprint density at radius 1 is 1.00 bits per heavy atom. The second kappa shape index (κ2) is 11.4. The molecule has 0 aliphatic heterocycles. The van der Waals surface area contributed by atoms with Gasteiger partial charge in [-0.15, -0.1) is 0 Å². The van der Waals surface area contributed by atoms with E-state index in [4.69, 9.17) is 4.74 Å². The van der Waals surface area contributed by atoms with E-state index in [-0.39, 0.29) is 11.5 Å². The number of fused-ring (bicyclic) bond motifs is 1. The maximum absolute atomic E-state index is 13.0. The third-order valence-corrected chi connectivity index (χ3v) is 6.15. The number of aliphatic carboxylic acids is 1. The highest BCUT2D eigenvalue weighted by Crippen LogP contribution is 2.30. The summed E-state index contributed by atoms with van der Waals surface area (Å²) in [6.45, 7) is 4.36. The first-order valence-corrected chi connectivity index (χ1v) is 12.0. The number of hydrogen-bond donors (Lipinski definition) is 2. The zero-order valence-electron chi connectivity index (χ0n) is 20.5. The van der Waals surface area contributed by atoms with Gasteiger partial charge in [0.25, 0.3) is 0 Å². The van der Waals surface area contributed by atoms with Crippen LogP contribution in [0.1, 0.15) is 36.6 Å². The summed E-state index contributed by atoms with van der Waals surface area (Å²) in [4.78, 5) is 24.5. The number of carbonyl (C=O) groups excluding carboxylic acids is 1. The zero-order valence-corrected chi connectivity index (χ0v) is 20.5. The minimum Gasteiger partial charge on any atom is -0.489 e. The molecule has 6 heteroatoms. The summed E-state index contributed by atoms with van der Waals surface area (Å²) in [7, 11) is 0. The van der Waals surface area contributed by atoms with Crippen LogP contribution in [0.3, 0.4) is 0 Å². The summed E-state index contributed by atoms with van der Waals surface area (Å²) in [5, 5.41) is 13.3. The van der Waals surface area contributed by atoms with Crippen molar-refractivity contribution >= 4 is 28.9 Å². The Labute approximate surface area is 210 Å². The van der Waals surface area contributed by atoms with Crippen LogP contribution in [0, 0.1) is 0 Å². The molecule has 0 aliphatic carbocycles. The fourth-order valence-corrected chi connectivity index (χ4v) is 4.07. The van der Waals surface area contributed by atoms with E-state index in [9.17, 15) is 14.7 Å². The molecule has 4 aromatic rings. The molecule has 36 heavy (non-hydrogen) atoms. The molecular formula is C30H30N2O4. The van der Waals surface area contributed by atoms with Gasteiger partial charge in [-0.3, -0.25) is 4.79 Å². The van der Waals surface area contributed by atoms with Crippen LogP contribution in [-0.4, -0.2) is 28.1 Å². The van der Waals surface area contributed by atoms with Crippen molar-refractivity contribution in [3.05, 3.63) is 107 Å². The number of amides is 1. The molecule has 4 rings (SSSR count). The van der Waals surface area contributed by atoms with Crippen LogP contribution >= 0.6 is 0 Å². The lowest BCUT2D eigenvalue weighted by Crippen LogP contribution is -2.32. The highest BCUT2D eigenvalue weighted by atomic mass is 16.5. The van der Waals surface area contributed by atoms with Crippen molar-refractivity contribution in [1.82, 2.24) is 9.88 Å². The van der Waals surface area contributed by atoms with E-state index < -0.39 is 12.0 Å². The van der Waals surface area contributed by atoms with Gasteiger partial charge in [0.05, 0.1) is 0 Å². The predicted molar refractivity (Wildman–Crippen MR) is 142 cm³/mol. The number of carboxylic acid groups (broad SMARTS) is 1. The van der Waals surface area contributed by atoms with Crippen molar-refractivity contribution in [1.29, 1.82) is 0 Å². The molecule has 3 aromatic carbocycles. The molecule has 1 unspecified atom stereocenters. The number of carboxylic acids is 1. The highest BCUT2D eigenvalue weighted by molar-refractivity contribution is 5.98. The molecule has 1 heterocycles. The van der Waals surface area contributed by atoms with Gasteiger partial charge in [-0.05, 0) is 55.7 Å². The lowest BCUT2D eigenvalue weighted by atomic mass is 10.1. The van der Waals surface area contributed by atoms with Gasteiger partial charge in [0.2, 0.25) is 5.91 Å². The van der Waals surface area contributed by atoms with Crippen LogP contribution in [-0.2, 0) is 22.6 Å². The minimum atomic E-state index is -0.987. The number of aromatic nitrogens is 1. The molecule has 0 saturated carbocycles. The van der Waals surface area contributed by atoms with Crippen LogP contribution in [0.25, 0.3) is 17.0 Å². The number of carbonyl (C=O) groups is 2. The summed E-state index contributed by atoms with van der Waals surface area (Å²) in [6, 6.07) is 25.1. The topological polar surface area (TPSA) is 80.6 Å². The summed E-state index contributed by atoms with van der Waals surface area (Å²) < 4.78 is 7.88. The molecule has 184 valence electrons. The average molecular weight is 483 g/mol. The second-order valence-electron chi connectivity index (χ2n) is 8.78. The quantitative estimate of drug-likeness (QED) is 0.287. The molecule has 0 aliphatic rings. The molecular weight excluding hydrogens is 452 g/mol. The van der Waals surface area contributed by atoms with E-state index in [1.807, 2.05) is 96.6 Å². The van der Waals surface area contributed by atoms with Gasteiger partial charge in [0, 0.05) is 34.8 Å². The van der Waals surface area contributed by atoms with Gasteiger partial charge in [-0.1, -0.05) is 60.7 Å². The smallest absolute Gasteiger partial charge is 0.331 e. The van der Waals surface area contributed by atoms with Gasteiger partial charge in [-0.25, -0.2) is 4.79 Å². The molecule has 0 bridgehead atoms. The summed E-state index contributed by atoms with van der Waals surface area (Å²) in [6.07, 6.45) is 4.21. The first-order valence-electron chi connectivity index (χ1n) is 12.0. The molecule has 0 radical (unpaired) electrons. The van der Waals surface area contributed by atoms with Gasteiger partial charge >= 0.3 is 5.97 Å². The fourth-order valence-electron chi connectivity index (χ4n) is 4.07. The van der Waals surface area contributed by atoms with Crippen LogP contribution in [0.4, 0.5) is 0 Å². The summed E-state index contributed by atoms with van der Waals surface area (Å²) in [5.41, 5.74) is 3.98. The van der Waals surface area contributed by atoms with E-state index in [1.165, 1.54) is 0 Å². The lowest BCUT2D eigenvalue weighted by molar-refractivity contribution is -0.132. The normalized spacial score (nSPS) is 12.3. The summed E-state index contributed by atoms with van der Waals surface area (Å²) in [5.74, 6) is -0.413. The van der Waals surface area contributed by atoms with E-state index >= 15 is 0 Å². The first-order chi connectivity index (χ1) is 17.4. The van der Waals surface area contributed by atoms with E-state index in [0.717, 1.165) is 34.0 Å². The number of ether oxygens (including phenoxy) is 1. The van der Waals surface area contributed by atoms with E-state index in [2.05, 4.69) is 5.32 Å². The van der Waals surface area contributed by atoms with E-state index in [0.29, 0.717) is 18.9 Å². The van der Waals surface area contributed by atoms with Gasteiger partial charge in [0.15, 0.2) is 0 Å². The van der Waals surface area contributed by atoms with Gasteiger partial charge < -0.3 is 19.7 Å². The van der Waals surface area contributed by atoms with Crippen molar-refractivity contribution in [3.8, 4) is 5.75 Å². The number of nitrogens with zero attached hydrogens (tertiary/aromatic N) is 1. The maximum Gasteiger partial charge on any atom is 0.331 e. The molecule has 0 fully saturated rings. The van der Waals surface area contributed by atoms with Crippen molar-refractivity contribution < 1.29 is 19.4 Å². The number of hydrogen-bond acceptors (Lipinski definition) is 3. The number of rotatable bonds is 10. The third-order valence-electron chi connectivity index (χ3n) is 6.15. The Morgan fingerprint density at radius 3 is 2.33 bits per heavy atom. The Morgan fingerprint density at radius 2 is 1.67 bits per heavy atom. The molecule has 1 aromatic heterocycles. The van der Waals surface area contributed by atoms with Crippen molar-refractivity contribution in [2.75, 3.05) is 6.54 Å². The number of nitrogens with one attached hydrogen (secondary N) is 1.